The fourth-order valence-electron chi connectivity index (χ4n) is 1.58. The van der Waals surface area contributed by atoms with Gasteiger partial charge in [0.05, 0.1) is 5.52 Å². The van der Waals surface area contributed by atoms with Gasteiger partial charge >= 0.3 is 0 Å². The van der Waals surface area contributed by atoms with Gasteiger partial charge in [0.25, 0.3) is 0 Å². The fourth-order valence-corrected chi connectivity index (χ4v) is 1.58. The summed E-state index contributed by atoms with van der Waals surface area (Å²) < 4.78 is 0. The second-order valence-electron chi connectivity index (χ2n) is 3.41. The van der Waals surface area contributed by atoms with E-state index in [-0.39, 0.29) is 0 Å². The third-order valence-electron chi connectivity index (χ3n) is 2.43. The van der Waals surface area contributed by atoms with E-state index in [0.29, 0.717) is 11.4 Å². The van der Waals surface area contributed by atoms with Crippen LogP contribution in [-0.4, -0.2) is 4.98 Å². The molecule has 0 atom stereocenters. The maximum atomic E-state index is 8.75. The average Bonchev–Trinajstić information content (AvgIpc) is 2.28. The number of rotatable bonds is 1. The first-order valence-corrected chi connectivity index (χ1v) is 4.84. The Hall–Kier alpha value is -2.08. The van der Waals surface area contributed by atoms with Crippen LogP contribution >= 0.6 is 0 Å². The lowest BCUT2D eigenvalue weighted by Gasteiger charge is -2.04. The zero-order valence-electron chi connectivity index (χ0n) is 8.49. The standard InChI is InChI=1S/C12H11N3/c1-2-8-3-4-12-10(5-8)11(14)6-9(7-13)15-12/h3-6H,2H2,1H3,(H2,14,15). The molecule has 0 aliphatic rings. The van der Waals surface area contributed by atoms with Gasteiger partial charge in [-0.1, -0.05) is 13.0 Å². The predicted molar refractivity (Wildman–Crippen MR) is 60.2 cm³/mol. The first-order valence-electron chi connectivity index (χ1n) is 4.84. The van der Waals surface area contributed by atoms with E-state index < -0.39 is 0 Å². The molecule has 3 heteroatoms. The van der Waals surface area contributed by atoms with Gasteiger partial charge in [-0.2, -0.15) is 5.26 Å². The number of aryl methyl sites for hydroxylation is 1. The molecule has 3 nitrogen and oxygen atoms in total. The van der Waals surface area contributed by atoms with Crippen molar-refractivity contribution >= 4 is 16.6 Å². The van der Waals surface area contributed by atoms with Crippen molar-refractivity contribution in [3.8, 4) is 6.07 Å². The van der Waals surface area contributed by atoms with Gasteiger partial charge in [-0.25, -0.2) is 4.98 Å². The highest BCUT2D eigenvalue weighted by atomic mass is 14.7. The Labute approximate surface area is 88.2 Å². The highest BCUT2D eigenvalue weighted by Gasteiger charge is 2.03. The summed E-state index contributed by atoms with van der Waals surface area (Å²) in [6.45, 7) is 2.09. The molecule has 0 spiro atoms. The summed E-state index contributed by atoms with van der Waals surface area (Å²) in [6, 6.07) is 9.55. The smallest absolute Gasteiger partial charge is 0.143 e. The molecule has 0 unspecified atom stereocenters. The van der Waals surface area contributed by atoms with Crippen LogP contribution < -0.4 is 5.73 Å². The number of hydrogen-bond donors (Lipinski definition) is 1. The van der Waals surface area contributed by atoms with Crippen LogP contribution in [0, 0.1) is 11.3 Å². The normalized spacial score (nSPS) is 10.1. The van der Waals surface area contributed by atoms with Gasteiger partial charge in [0.1, 0.15) is 11.8 Å². The Morgan fingerprint density at radius 2 is 2.20 bits per heavy atom. The highest BCUT2D eigenvalue weighted by Crippen LogP contribution is 2.21. The Kier molecular flexibility index (Phi) is 2.26. The predicted octanol–water partition coefficient (Wildman–Crippen LogP) is 2.25. The number of nitrogen functional groups attached to an aromatic ring is 1. The van der Waals surface area contributed by atoms with Crippen LogP contribution in [0.25, 0.3) is 10.9 Å². The Balaban J connectivity index is 2.75. The molecule has 1 heterocycles. The van der Waals surface area contributed by atoms with Crippen LogP contribution in [0.4, 0.5) is 5.69 Å². The number of nitrogens with two attached hydrogens (primary N) is 1. The maximum absolute atomic E-state index is 8.75. The van der Waals surface area contributed by atoms with Gasteiger partial charge in [0.2, 0.25) is 0 Å². The van der Waals surface area contributed by atoms with Gasteiger partial charge in [-0.3, -0.25) is 0 Å². The molecule has 74 valence electrons. The minimum Gasteiger partial charge on any atom is -0.398 e. The molecule has 0 saturated carbocycles. The van der Waals surface area contributed by atoms with E-state index in [1.807, 2.05) is 24.3 Å². The molecule has 2 N–H and O–H groups in total. The third-order valence-corrected chi connectivity index (χ3v) is 2.43. The summed E-state index contributed by atoms with van der Waals surface area (Å²) in [5.41, 5.74) is 8.85. The van der Waals surface area contributed by atoms with Gasteiger partial charge in [-0.05, 0) is 30.2 Å². The van der Waals surface area contributed by atoms with E-state index in [9.17, 15) is 0 Å². The minimum absolute atomic E-state index is 0.365. The topological polar surface area (TPSA) is 62.7 Å². The molecule has 0 bridgehead atoms. The number of hydrogen-bond acceptors (Lipinski definition) is 3. The molecule has 0 fully saturated rings. The molecule has 0 radical (unpaired) electrons. The quantitative estimate of drug-likeness (QED) is 0.762. The van der Waals surface area contributed by atoms with Crippen LogP contribution in [0.2, 0.25) is 0 Å². The number of aromatic nitrogens is 1. The second kappa shape index (κ2) is 3.58. The number of nitriles is 1. The largest absolute Gasteiger partial charge is 0.398 e. The lowest BCUT2D eigenvalue weighted by atomic mass is 10.1. The first-order chi connectivity index (χ1) is 7.24. The average molecular weight is 197 g/mol. The summed E-state index contributed by atoms with van der Waals surface area (Å²) in [4.78, 5) is 4.19. The molecule has 0 aliphatic heterocycles. The zero-order valence-corrected chi connectivity index (χ0v) is 8.49. The van der Waals surface area contributed by atoms with Gasteiger partial charge in [0, 0.05) is 11.1 Å². The van der Waals surface area contributed by atoms with Crippen molar-refractivity contribution in [2.45, 2.75) is 13.3 Å². The molecular formula is C12H11N3. The summed E-state index contributed by atoms with van der Waals surface area (Å²) in [6.07, 6.45) is 0.968. The van der Waals surface area contributed by atoms with Crippen LogP contribution in [0.15, 0.2) is 24.3 Å². The lowest BCUT2D eigenvalue weighted by molar-refractivity contribution is 1.14. The van der Waals surface area contributed by atoms with Gasteiger partial charge in [-0.15, -0.1) is 0 Å². The van der Waals surface area contributed by atoms with Crippen molar-refractivity contribution in [2.75, 3.05) is 5.73 Å². The molecular weight excluding hydrogens is 186 g/mol. The Morgan fingerprint density at radius 1 is 1.40 bits per heavy atom. The van der Waals surface area contributed by atoms with E-state index >= 15 is 0 Å². The van der Waals surface area contributed by atoms with Crippen LogP contribution in [0.3, 0.4) is 0 Å². The van der Waals surface area contributed by atoms with Gasteiger partial charge in [0.15, 0.2) is 0 Å². The second-order valence-corrected chi connectivity index (χ2v) is 3.41. The Bertz CT molecular complexity index is 553. The van der Waals surface area contributed by atoms with Crippen molar-refractivity contribution in [1.82, 2.24) is 4.98 Å². The number of nitrogens with zero attached hydrogens (tertiary/aromatic N) is 2. The number of fused-ring (bicyclic) bond motifs is 1. The van der Waals surface area contributed by atoms with E-state index in [2.05, 4.69) is 11.9 Å². The molecule has 0 aliphatic carbocycles. The molecule has 0 saturated heterocycles. The van der Waals surface area contributed by atoms with E-state index in [1.165, 1.54) is 5.56 Å². The van der Waals surface area contributed by atoms with Gasteiger partial charge < -0.3 is 5.73 Å². The minimum atomic E-state index is 0.365. The third kappa shape index (κ3) is 1.62. The van der Waals surface area contributed by atoms with E-state index in [4.69, 9.17) is 11.0 Å². The van der Waals surface area contributed by atoms with Crippen LogP contribution in [0.1, 0.15) is 18.2 Å². The summed E-state index contributed by atoms with van der Waals surface area (Å²) >= 11 is 0. The SMILES string of the molecule is CCc1ccc2nc(C#N)cc(N)c2c1. The molecule has 15 heavy (non-hydrogen) atoms. The summed E-state index contributed by atoms with van der Waals surface area (Å²) in [5, 5.41) is 9.68. The van der Waals surface area contributed by atoms with Crippen LogP contribution in [0.5, 0.6) is 0 Å². The summed E-state index contributed by atoms with van der Waals surface area (Å²) in [7, 11) is 0. The molecule has 1 aromatic heterocycles. The number of anilines is 1. The van der Waals surface area contributed by atoms with Crippen molar-refractivity contribution < 1.29 is 0 Å². The van der Waals surface area contributed by atoms with E-state index in [1.54, 1.807) is 6.07 Å². The molecule has 1 aromatic carbocycles. The highest BCUT2D eigenvalue weighted by molar-refractivity contribution is 5.91. The van der Waals surface area contributed by atoms with Crippen LogP contribution in [-0.2, 0) is 6.42 Å². The van der Waals surface area contributed by atoms with Crippen molar-refractivity contribution in [2.24, 2.45) is 0 Å². The number of pyridine rings is 1. The monoisotopic (exact) mass is 197 g/mol. The summed E-state index contributed by atoms with van der Waals surface area (Å²) in [5.74, 6) is 0. The Morgan fingerprint density at radius 3 is 2.87 bits per heavy atom. The maximum Gasteiger partial charge on any atom is 0.143 e. The van der Waals surface area contributed by atoms with E-state index in [0.717, 1.165) is 17.3 Å². The molecule has 0 amide bonds. The molecule has 2 rings (SSSR count). The van der Waals surface area contributed by atoms with Crippen molar-refractivity contribution in [3.63, 3.8) is 0 Å². The molecule has 2 aromatic rings. The zero-order chi connectivity index (χ0) is 10.8. The number of benzene rings is 1. The van der Waals surface area contributed by atoms with Crippen molar-refractivity contribution in [3.05, 3.63) is 35.5 Å². The lowest BCUT2D eigenvalue weighted by Crippen LogP contribution is -1.93. The fraction of sp³-hybridized carbons (Fsp3) is 0.167. The first kappa shape index (κ1) is 9.47. The van der Waals surface area contributed by atoms with Crippen molar-refractivity contribution in [1.29, 1.82) is 5.26 Å².